The zero-order valence-corrected chi connectivity index (χ0v) is 18.4. The van der Waals surface area contributed by atoms with E-state index in [9.17, 15) is 14.9 Å². The van der Waals surface area contributed by atoms with Crippen molar-refractivity contribution in [2.75, 3.05) is 5.32 Å². The quantitative estimate of drug-likeness (QED) is 0.174. The molecule has 0 aliphatic rings. The lowest BCUT2D eigenvalue weighted by Gasteiger charge is -2.10. The molecule has 0 spiro atoms. The van der Waals surface area contributed by atoms with E-state index >= 15 is 0 Å². The predicted molar refractivity (Wildman–Crippen MR) is 129 cm³/mol. The third-order valence-electron chi connectivity index (χ3n) is 4.92. The Balaban J connectivity index is 1.74. The molecular weight excluding hydrogens is 420 g/mol. The summed E-state index contributed by atoms with van der Waals surface area (Å²) < 4.78 is 5.23. The molecule has 0 atom stereocenters. The number of nitriles is 1. The van der Waals surface area contributed by atoms with Crippen molar-refractivity contribution in [3.05, 3.63) is 82.7 Å². The Labute approximate surface area is 189 Å². The van der Waals surface area contributed by atoms with Crippen LogP contribution in [0.15, 0.2) is 71.6 Å². The molecule has 5 nitrogen and oxygen atoms in total. The minimum atomic E-state index is -0.578. The van der Waals surface area contributed by atoms with E-state index in [0.717, 1.165) is 27.1 Å². The number of fused-ring (bicyclic) bond motifs is 2. The first-order valence-electron chi connectivity index (χ1n) is 10.1. The van der Waals surface area contributed by atoms with E-state index in [0.29, 0.717) is 5.00 Å². The van der Waals surface area contributed by atoms with Crippen LogP contribution in [0, 0.1) is 11.3 Å². The Hall–Kier alpha value is -3.95. The van der Waals surface area contributed by atoms with Crippen LogP contribution in [0.3, 0.4) is 0 Å². The fraction of sp³-hybridized carbons (Fsp3) is 0.115. The van der Waals surface area contributed by atoms with E-state index in [1.54, 1.807) is 31.4 Å². The highest BCUT2D eigenvalue weighted by atomic mass is 32.1. The maximum absolute atomic E-state index is 13.0. The smallest absolute Gasteiger partial charge is 0.341 e. The molecule has 1 heterocycles. The third-order valence-corrected chi connectivity index (χ3v) is 5.75. The molecule has 0 radical (unpaired) electrons. The summed E-state index contributed by atoms with van der Waals surface area (Å²) in [6.45, 7) is 3.51. The summed E-state index contributed by atoms with van der Waals surface area (Å²) in [5.74, 6) is -1.09. The monoisotopic (exact) mass is 440 g/mol. The number of hydrogen-bond acceptors (Lipinski definition) is 5. The fourth-order valence-electron chi connectivity index (χ4n) is 3.51. The predicted octanol–water partition coefficient (Wildman–Crippen LogP) is 6.17. The van der Waals surface area contributed by atoms with E-state index in [4.69, 9.17) is 4.74 Å². The average molecular weight is 441 g/mol. The number of thiophene rings is 1. The molecule has 158 valence electrons. The van der Waals surface area contributed by atoms with Crippen LogP contribution in [-0.4, -0.2) is 18.0 Å². The second-order valence-electron chi connectivity index (χ2n) is 7.47. The van der Waals surface area contributed by atoms with Gasteiger partial charge in [-0.15, -0.1) is 11.3 Å². The molecule has 0 bridgehead atoms. The van der Waals surface area contributed by atoms with Crippen LogP contribution in [-0.2, 0) is 9.53 Å². The lowest BCUT2D eigenvalue weighted by Crippen LogP contribution is -2.17. The molecule has 1 aromatic heterocycles. The zero-order valence-electron chi connectivity index (χ0n) is 17.6. The van der Waals surface area contributed by atoms with Crippen molar-refractivity contribution in [1.82, 2.24) is 0 Å². The molecule has 6 heteroatoms. The van der Waals surface area contributed by atoms with Gasteiger partial charge in [-0.3, -0.25) is 4.79 Å². The Morgan fingerprint density at radius 3 is 2.25 bits per heavy atom. The van der Waals surface area contributed by atoms with Gasteiger partial charge in [0.2, 0.25) is 0 Å². The highest BCUT2D eigenvalue weighted by Gasteiger charge is 2.19. The van der Waals surface area contributed by atoms with Crippen molar-refractivity contribution < 1.29 is 14.3 Å². The molecule has 1 amide bonds. The summed E-state index contributed by atoms with van der Waals surface area (Å²) >= 11 is 1.20. The molecule has 0 saturated carbocycles. The normalized spacial score (nSPS) is 11.5. The second kappa shape index (κ2) is 9.04. The van der Waals surface area contributed by atoms with Crippen LogP contribution in [0.4, 0.5) is 5.00 Å². The maximum atomic E-state index is 13.0. The van der Waals surface area contributed by atoms with Gasteiger partial charge in [-0.1, -0.05) is 48.5 Å². The first-order chi connectivity index (χ1) is 15.5. The number of rotatable bonds is 5. The van der Waals surface area contributed by atoms with Gasteiger partial charge in [-0.05, 0) is 64.5 Å². The zero-order chi connectivity index (χ0) is 22.7. The highest BCUT2D eigenvalue weighted by Crippen LogP contribution is 2.31. The number of amides is 1. The Morgan fingerprint density at radius 1 is 1.03 bits per heavy atom. The topological polar surface area (TPSA) is 79.2 Å². The lowest BCUT2D eigenvalue weighted by molar-refractivity contribution is -0.112. The number of anilines is 1. The van der Waals surface area contributed by atoms with E-state index in [1.165, 1.54) is 11.3 Å². The molecular formula is C26H20N2O3S. The van der Waals surface area contributed by atoms with Crippen LogP contribution in [0.2, 0.25) is 0 Å². The molecule has 0 aliphatic carbocycles. The van der Waals surface area contributed by atoms with Crippen LogP contribution >= 0.6 is 11.3 Å². The van der Waals surface area contributed by atoms with Gasteiger partial charge in [0.05, 0.1) is 11.7 Å². The largest absolute Gasteiger partial charge is 0.459 e. The Kier molecular flexibility index (Phi) is 6.02. The summed E-state index contributed by atoms with van der Waals surface area (Å²) in [4.78, 5) is 25.3. The van der Waals surface area contributed by atoms with E-state index in [1.807, 2.05) is 54.6 Å². The van der Waals surface area contributed by atoms with Crippen molar-refractivity contribution in [2.45, 2.75) is 20.0 Å². The number of carbonyl (C=O) groups excluding carboxylic acids is 2. The molecule has 0 fully saturated rings. The first kappa shape index (κ1) is 21.3. The van der Waals surface area contributed by atoms with E-state index < -0.39 is 11.9 Å². The van der Waals surface area contributed by atoms with Gasteiger partial charge in [0.15, 0.2) is 0 Å². The summed E-state index contributed by atoms with van der Waals surface area (Å²) in [5.41, 5.74) is 1.02. The molecule has 1 N–H and O–H groups in total. The van der Waals surface area contributed by atoms with Crippen molar-refractivity contribution in [2.24, 2.45) is 0 Å². The van der Waals surface area contributed by atoms with Gasteiger partial charge in [-0.2, -0.15) is 5.26 Å². The second-order valence-corrected chi connectivity index (χ2v) is 8.39. The van der Waals surface area contributed by atoms with Gasteiger partial charge in [-0.25, -0.2) is 4.79 Å². The van der Waals surface area contributed by atoms with Gasteiger partial charge in [0.1, 0.15) is 16.6 Å². The average Bonchev–Trinajstić information content (AvgIpc) is 3.24. The molecule has 4 rings (SSSR count). The number of nitrogens with zero attached hydrogens (tertiary/aromatic N) is 1. The maximum Gasteiger partial charge on any atom is 0.341 e. The van der Waals surface area contributed by atoms with E-state index in [-0.39, 0.29) is 17.2 Å². The molecule has 0 saturated heterocycles. The van der Waals surface area contributed by atoms with Gasteiger partial charge in [0, 0.05) is 0 Å². The molecule has 3 aromatic carbocycles. The molecule has 32 heavy (non-hydrogen) atoms. The molecule has 0 unspecified atom stereocenters. The van der Waals surface area contributed by atoms with Crippen molar-refractivity contribution in [3.63, 3.8) is 0 Å². The summed E-state index contributed by atoms with van der Waals surface area (Å²) in [5, 5.41) is 18.4. The summed E-state index contributed by atoms with van der Waals surface area (Å²) in [6, 6.07) is 21.4. The van der Waals surface area contributed by atoms with E-state index in [2.05, 4.69) is 11.4 Å². The number of esters is 1. The van der Waals surface area contributed by atoms with Crippen molar-refractivity contribution in [3.8, 4) is 6.07 Å². The molecule has 0 aliphatic heterocycles. The van der Waals surface area contributed by atoms with Crippen LogP contribution in [0.1, 0.15) is 29.8 Å². The number of benzene rings is 3. The minimum Gasteiger partial charge on any atom is -0.459 e. The lowest BCUT2D eigenvalue weighted by atomic mass is 9.95. The van der Waals surface area contributed by atoms with Gasteiger partial charge < -0.3 is 10.1 Å². The Bertz CT molecular complexity index is 1360. The van der Waals surface area contributed by atoms with Crippen molar-refractivity contribution in [1.29, 1.82) is 5.26 Å². The third kappa shape index (κ3) is 4.25. The van der Waals surface area contributed by atoms with Gasteiger partial charge >= 0.3 is 5.97 Å². The standard InChI is InChI=1S/C26H20N2O3S/c1-16(2)31-26(30)22-11-12-32-25(22)28-24(29)19(15-27)14-23-20-9-5-3-7-17(20)13-18-8-4-6-10-21(18)23/h3-14,16H,1-2H3,(H,28,29). The van der Waals surface area contributed by atoms with Gasteiger partial charge in [0.25, 0.3) is 5.91 Å². The van der Waals surface area contributed by atoms with Crippen LogP contribution < -0.4 is 5.32 Å². The Morgan fingerprint density at radius 2 is 1.66 bits per heavy atom. The fourth-order valence-corrected chi connectivity index (χ4v) is 4.28. The highest BCUT2D eigenvalue weighted by molar-refractivity contribution is 7.14. The summed E-state index contributed by atoms with van der Waals surface area (Å²) in [6.07, 6.45) is 1.33. The van der Waals surface area contributed by atoms with Crippen LogP contribution in [0.25, 0.3) is 27.6 Å². The van der Waals surface area contributed by atoms with Crippen LogP contribution in [0.5, 0.6) is 0 Å². The number of carbonyl (C=O) groups is 2. The van der Waals surface area contributed by atoms with Crippen molar-refractivity contribution >= 4 is 55.8 Å². The number of hydrogen-bond donors (Lipinski definition) is 1. The first-order valence-corrected chi connectivity index (χ1v) is 11.0. The minimum absolute atomic E-state index is 0.0527. The SMILES string of the molecule is CC(C)OC(=O)c1ccsc1NC(=O)C(C#N)=Cc1c2ccccc2cc2ccccc12. The number of nitrogens with one attached hydrogen (secondary N) is 1. The molecule has 4 aromatic rings. The summed E-state index contributed by atoms with van der Waals surface area (Å²) in [7, 11) is 0. The number of ether oxygens (including phenoxy) is 1.